The number of rotatable bonds is 1. The summed E-state index contributed by atoms with van der Waals surface area (Å²) in [4.78, 5) is 14.9. The minimum atomic E-state index is -0.0979. The van der Waals surface area contributed by atoms with E-state index in [-0.39, 0.29) is 5.56 Å². The van der Waals surface area contributed by atoms with Gasteiger partial charge in [0.25, 0.3) is 5.56 Å². The summed E-state index contributed by atoms with van der Waals surface area (Å²) in [6.45, 7) is 0. The summed E-state index contributed by atoms with van der Waals surface area (Å²) in [6.07, 6.45) is 0. The quantitative estimate of drug-likeness (QED) is 0.638. The summed E-state index contributed by atoms with van der Waals surface area (Å²) in [5, 5.41) is 1.01. The van der Waals surface area contributed by atoms with Gasteiger partial charge in [-0.1, -0.05) is 30.3 Å². The zero-order valence-electron chi connectivity index (χ0n) is 9.68. The van der Waals surface area contributed by atoms with Crippen LogP contribution in [0.4, 0.5) is 5.69 Å². The van der Waals surface area contributed by atoms with Crippen molar-refractivity contribution in [3.05, 3.63) is 65.0 Å². The van der Waals surface area contributed by atoms with E-state index < -0.39 is 0 Å². The lowest BCUT2D eigenvalue weighted by Crippen LogP contribution is -2.08. The van der Waals surface area contributed by atoms with Crippen LogP contribution in [0.3, 0.4) is 0 Å². The lowest BCUT2D eigenvalue weighted by atomic mass is 10.0. The third-order valence-corrected chi connectivity index (χ3v) is 2.95. The number of nitrogen functional groups attached to an aromatic ring is 1. The van der Waals surface area contributed by atoms with Crippen molar-refractivity contribution in [3.63, 3.8) is 0 Å². The van der Waals surface area contributed by atoms with Crippen molar-refractivity contribution in [3.8, 4) is 11.1 Å². The molecule has 3 N–H and O–H groups in total. The topological polar surface area (TPSA) is 58.9 Å². The van der Waals surface area contributed by atoms with Gasteiger partial charge in [-0.05, 0) is 35.2 Å². The van der Waals surface area contributed by atoms with Crippen molar-refractivity contribution in [1.29, 1.82) is 0 Å². The SMILES string of the molecule is Nc1cccc(-c2cc3ccccc3[nH]c2=O)c1. The van der Waals surface area contributed by atoms with Crippen LogP contribution in [0.5, 0.6) is 0 Å². The average Bonchev–Trinajstić information content (AvgIpc) is 2.38. The molecule has 3 nitrogen and oxygen atoms in total. The largest absolute Gasteiger partial charge is 0.399 e. The molecule has 0 spiro atoms. The van der Waals surface area contributed by atoms with Crippen molar-refractivity contribution in [1.82, 2.24) is 4.98 Å². The zero-order chi connectivity index (χ0) is 12.5. The van der Waals surface area contributed by atoms with Crippen LogP contribution in [0.25, 0.3) is 22.0 Å². The summed E-state index contributed by atoms with van der Waals surface area (Å²) in [6, 6.07) is 16.9. The van der Waals surface area contributed by atoms with Crippen molar-refractivity contribution in [2.75, 3.05) is 5.73 Å². The highest BCUT2D eigenvalue weighted by Crippen LogP contribution is 2.21. The van der Waals surface area contributed by atoms with Crippen molar-refractivity contribution >= 4 is 16.6 Å². The molecule has 3 heteroatoms. The molecule has 0 aliphatic heterocycles. The van der Waals surface area contributed by atoms with Crippen LogP contribution < -0.4 is 11.3 Å². The Morgan fingerprint density at radius 3 is 2.61 bits per heavy atom. The molecule has 88 valence electrons. The Hall–Kier alpha value is -2.55. The number of pyridine rings is 1. The molecule has 0 aliphatic rings. The Labute approximate surface area is 104 Å². The molecule has 2 aromatic carbocycles. The maximum atomic E-state index is 12.0. The van der Waals surface area contributed by atoms with E-state index in [0.29, 0.717) is 11.3 Å². The van der Waals surface area contributed by atoms with Gasteiger partial charge in [0.2, 0.25) is 0 Å². The average molecular weight is 236 g/mol. The Morgan fingerprint density at radius 2 is 1.78 bits per heavy atom. The molecule has 3 aromatic rings. The van der Waals surface area contributed by atoms with Crippen LogP contribution in [0.15, 0.2) is 59.4 Å². The third-order valence-electron chi connectivity index (χ3n) is 2.95. The number of anilines is 1. The Balaban J connectivity index is 2.29. The number of aromatic amines is 1. The van der Waals surface area contributed by atoms with E-state index in [1.807, 2.05) is 42.5 Å². The molecule has 0 aliphatic carbocycles. The number of nitrogens with two attached hydrogens (primary N) is 1. The van der Waals surface area contributed by atoms with Crippen LogP contribution >= 0.6 is 0 Å². The predicted molar refractivity (Wildman–Crippen MR) is 74.4 cm³/mol. The minimum Gasteiger partial charge on any atom is -0.399 e. The maximum Gasteiger partial charge on any atom is 0.256 e. The van der Waals surface area contributed by atoms with Gasteiger partial charge in [-0.2, -0.15) is 0 Å². The number of H-pyrrole nitrogens is 1. The highest BCUT2D eigenvalue weighted by Gasteiger charge is 2.05. The van der Waals surface area contributed by atoms with E-state index in [1.165, 1.54) is 0 Å². The Kier molecular flexibility index (Phi) is 2.38. The smallest absolute Gasteiger partial charge is 0.256 e. The second kappa shape index (κ2) is 4.04. The third kappa shape index (κ3) is 1.76. The summed E-state index contributed by atoms with van der Waals surface area (Å²) in [5.41, 5.74) is 8.62. The molecular formula is C15H12N2O. The molecule has 18 heavy (non-hydrogen) atoms. The fourth-order valence-corrected chi connectivity index (χ4v) is 2.07. The molecule has 0 radical (unpaired) electrons. The second-order valence-corrected chi connectivity index (χ2v) is 4.22. The summed E-state index contributed by atoms with van der Waals surface area (Å²) in [5.74, 6) is 0. The van der Waals surface area contributed by atoms with E-state index in [9.17, 15) is 4.79 Å². The summed E-state index contributed by atoms with van der Waals surface area (Å²) < 4.78 is 0. The first-order chi connectivity index (χ1) is 8.74. The van der Waals surface area contributed by atoms with E-state index in [2.05, 4.69) is 4.98 Å². The predicted octanol–water partition coefficient (Wildman–Crippen LogP) is 2.78. The van der Waals surface area contributed by atoms with Crippen LogP contribution in [0, 0.1) is 0 Å². The molecule has 0 atom stereocenters. The molecule has 3 rings (SSSR count). The fraction of sp³-hybridized carbons (Fsp3) is 0. The molecule has 1 heterocycles. The monoisotopic (exact) mass is 236 g/mol. The number of benzene rings is 2. The lowest BCUT2D eigenvalue weighted by Gasteiger charge is -2.04. The second-order valence-electron chi connectivity index (χ2n) is 4.22. The molecule has 0 unspecified atom stereocenters. The number of hydrogen-bond donors (Lipinski definition) is 2. The van der Waals surface area contributed by atoms with Gasteiger partial charge in [0.15, 0.2) is 0 Å². The van der Waals surface area contributed by atoms with Gasteiger partial charge in [0, 0.05) is 16.8 Å². The Bertz CT molecular complexity index is 775. The normalized spacial score (nSPS) is 10.7. The first kappa shape index (κ1) is 10.6. The summed E-state index contributed by atoms with van der Waals surface area (Å²) >= 11 is 0. The zero-order valence-corrected chi connectivity index (χ0v) is 9.68. The number of nitrogens with one attached hydrogen (secondary N) is 1. The van der Waals surface area contributed by atoms with Crippen LogP contribution in [-0.4, -0.2) is 4.98 Å². The number of hydrogen-bond acceptors (Lipinski definition) is 2. The van der Waals surface area contributed by atoms with Gasteiger partial charge >= 0.3 is 0 Å². The van der Waals surface area contributed by atoms with Crippen LogP contribution in [0.2, 0.25) is 0 Å². The first-order valence-electron chi connectivity index (χ1n) is 5.72. The van der Waals surface area contributed by atoms with Gasteiger partial charge in [-0.15, -0.1) is 0 Å². The van der Waals surface area contributed by atoms with E-state index in [1.54, 1.807) is 12.1 Å². The van der Waals surface area contributed by atoms with E-state index in [4.69, 9.17) is 5.73 Å². The molecule has 0 saturated carbocycles. The fourth-order valence-electron chi connectivity index (χ4n) is 2.07. The Morgan fingerprint density at radius 1 is 0.944 bits per heavy atom. The van der Waals surface area contributed by atoms with Crippen molar-refractivity contribution in [2.24, 2.45) is 0 Å². The van der Waals surface area contributed by atoms with Crippen molar-refractivity contribution < 1.29 is 0 Å². The highest BCUT2D eigenvalue weighted by molar-refractivity contribution is 5.83. The van der Waals surface area contributed by atoms with Gasteiger partial charge in [0.1, 0.15) is 0 Å². The van der Waals surface area contributed by atoms with Gasteiger partial charge in [0.05, 0.1) is 0 Å². The molecule has 1 aromatic heterocycles. The van der Waals surface area contributed by atoms with Gasteiger partial charge in [-0.3, -0.25) is 4.79 Å². The highest BCUT2D eigenvalue weighted by atomic mass is 16.1. The minimum absolute atomic E-state index is 0.0979. The number of aromatic nitrogens is 1. The maximum absolute atomic E-state index is 12.0. The standard InChI is InChI=1S/C15H12N2O/c16-12-6-3-5-10(8-12)13-9-11-4-1-2-7-14(11)17-15(13)18/h1-9H,16H2,(H,17,18). The molecule has 0 saturated heterocycles. The van der Waals surface area contributed by atoms with E-state index >= 15 is 0 Å². The summed E-state index contributed by atoms with van der Waals surface area (Å²) in [7, 11) is 0. The molecular weight excluding hydrogens is 224 g/mol. The number of fused-ring (bicyclic) bond motifs is 1. The van der Waals surface area contributed by atoms with Crippen LogP contribution in [-0.2, 0) is 0 Å². The van der Waals surface area contributed by atoms with Crippen molar-refractivity contribution in [2.45, 2.75) is 0 Å². The molecule has 0 bridgehead atoms. The molecule has 0 fully saturated rings. The van der Waals surface area contributed by atoms with Gasteiger partial charge in [-0.25, -0.2) is 0 Å². The molecule has 0 amide bonds. The van der Waals surface area contributed by atoms with E-state index in [0.717, 1.165) is 16.5 Å². The lowest BCUT2D eigenvalue weighted by molar-refractivity contribution is 1.31. The van der Waals surface area contributed by atoms with Crippen LogP contribution in [0.1, 0.15) is 0 Å². The first-order valence-corrected chi connectivity index (χ1v) is 5.72. The van der Waals surface area contributed by atoms with Gasteiger partial charge < -0.3 is 10.7 Å². The number of para-hydroxylation sites is 1.